The summed E-state index contributed by atoms with van der Waals surface area (Å²) < 4.78 is 16.7. The number of rotatable bonds is 46. The highest BCUT2D eigenvalue weighted by atomic mass is 16.6. The Bertz CT molecular complexity index is 1300. The van der Waals surface area contributed by atoms with Crippen LogP contribution in [0.5, 0.6) is 0 Å². The zero-order valence-corrected chi connectivity index (χ0v) is 41.5. The highest BCUT2D eigenvalue weighted by molar-refractivity contribution is 5.71. The molecule has 6 nitrogen and oxygen atoms in total. The number of carbonyl (C=O) groups excluding carboxylic acids is 3. The maximum Gasteiger partial charge on any atom is 0.306 e. The molecule has 0 bridgehead atoms. The molecule has 0 aromatic carbocycles. The average molecular weight is 889 g/mol. The molecule has 0 aliphatic rings. The lowest BCUT2D eigenvalue weighted by molar-refractivity contribution is -0.167. The summed E-state index contributed by atoms with van der Waals surface area (Å²) in [7, 11) is 0. The molecule has 6 heteroatoms. The summed E-state index contributed by atoms with van der Waals surface area (Å²) >= 11 is 0. The number of carbonyl (C=O) groups is 3. The fourth-order valence-electron chi connectivity index (χ4n) is 6.89. The van der Waals surface area contributed by atoms with Crippen molar-refractivity contribution < 1.29 is 28.6 Å². The molecule has 0 aromatic rings. The van der Waals surface area contributed by atoms with Gasteiger partial charge in [0.1, 0.15) is 13.2 Å². The van der Waals surface area contributed by atoms with Gasteiger partial charge in [0.25, 0.3) is 0 Å². The molecule has 0 aliphatic heterocycles. The molecule has 0 amide bonds. The van der Waals surface area contributed by atoms with E-state index in [0.29, 0.717) is 19.3 Å². The monoisotopic (exact) mass is 889 g/mol. The van der Waals surface area contributed by atoms with E-state index in [-0.39, 0.29) is 31.1 Å². The zero-order valence-electron chi connectivity index (χ0n) is 41.5. The summed E-state index contributed by atoms with van der Waals surface area (Å²) in [6.45, 7) is 6.40. The minimum Gasteiger partial charge on any atom is -0.462 e. The van der Waals surface area contributed by atoms with Gasteiger partial charge in [0.2, 0.25) is 0 Å². The normalized spacial score (nSPS) is 12.9. The van der Waals surface area contributed by atoms with E-state index in [0.717, 1.165) is 122 Å². The number of allylic oxidation sites excluding steroid dienone is 16. The maximum atomic E-state index is 12.8. The molecule has 0 spiro atoms. The predicted octanol–water partition coefficient (Wildman–Crippen LogP) is 17.4. The Morgan fingerprint density at radius 3 is 0.984 bits per heavy atom. The van der Waals surface area contributed by atoms with Gasteiger partial charge in [0.05, 0.1) is 0 Å². The molecule has 0 radical (unpaired) electrons. The van der Waals surface area contributed by atoms with E-state index in [1.54, 1.807) is 0 Å². The largest absolute Gasteiger partial charge is 0.462 e. The summed E-state index contributed by atoms with van der Waals surface area (Å²) in [4.78, 5) is 37.8. The highest BCUT2D eigenvalue weighted by Crippen LogP contribution is 2.13. The SMILES string of the molecule is CC/C=C\C/C=C\C/C=C\C/C=C\C/C=C\C/C=C\CCCCCCC(=O)OCC(COC(=O)CCCCCCCC)OC(=O)CCCCCCCCC/C=C\C/C=C\CCCCC. The summed E-state index contributed by atoms with van der Waals surface area (Å²) in [5.41, 5.74) is 0. The third kappa shape index (κ3) is 49.3. The smallest absolute Gasteiger partial charge is 0.306 e. The van der Waals surface area contributed by atoms with Crippen LogP contribution in [0.2, 0.25) is 0 Å². The minimum absolute atomic E-state index is 0.0901. The third-order valence-electron chi connectivity index (χ3n) is 10.8. The number of hydrogen-bond acceptors (Lipinski definition) is 6. The van der Waals surface area contributed by atoms with Gasteiger partial charge in [-0.1, -0.05) is 208 Å². The molecule has 0 aromatic heterocycles. The van der Waals surface area contributed by atoms with Gasteiger partial charge in [-0.05, 0) is 103 Å². The Morgan fingerprint density at radius 1 is 0.328 bits per heavy atom. The van der Waals surface area contributed by atoms with E-state index >= 15 is 0 Å². The Kier molecular flexibility index (Phi) is 49.0. The van der Waals surface area contributed by atoms with Crippen molar-refractivity contribution in [2.75, 3.05) is 13.2 Å². The summed E-state index contributed by atoms with van der Waals surface area (Å²) in [5.74, 6) is -0.937. The maximum absolute atomic E-state index is 12.8. The van der Waals surface area contributed by atoms with Crippen molar-refractivity contribution in [1.82, 2.24) is 0 Å². The van der Waals surface area contributed by atoms with Crippen molar-refractivity contribution in [3.63, 3.8) is 0 Å². The molecule has 0 heterocycles. The number of unbranched alkanes of at least 4 members (excludes halogenated alkanes) is 19. The van der Waals surface area contributed by atoms with Gasteiger partial charge in [0, 0.05) is 19.3 Å². The van der Waals surface area contributed by atoms with Crippen molar-refractivity contribution in [1.29, 1.82) is 0 Å². The first-order chi connectivity index (χ1) is 31.5. The fourth-order valence-corrected chi connectivity index (χ4v) is 6.89. The Morgan fingerprint density at radius 2 is 0.609 bits per heavy atom. The molecule has 364 valence electrons. The molecule has 0 fully saturated rings. The molecule has 0 N–H and O–H groups in total. The van der Waals surface area contributed by atoms with Crippen molar-refractivity contribution in [2.45, 2.75) is 239 Å². The Balaban J connectivity index is 4.28. The average Bonchev–Trinajstić information content (AvgIpc) is 3.29. The number of esters is 3. The van der Waals surface area contributed by atoms with E-state index < -0.39 is 6.10 Å². The second-order valence-corrected chi connectivity index (χ2v) is 17.1. The lowest BCUT2D eigenvalue weighted by atomic mass is 10.1. The van der Waals surface area contributed by atoms with Gasteiger partial charge in [-0.15, -0.1) is 0 Å². The molecule has 1 unspecified atom stereocenters. The lowest BCUT2D eigenvalue weighted by Gasteiger charge is -2.18. The van der Waals surface area contributed by atoms with E-state index in [2.05, 4.69) is 118 Å². The molecule has 0 aliphatic carbocycles. The van der Waals surface area contributed by atoms with Gasteiger partial charge < -0.3 is 14.2 Å². The van der Waals surface area contributed by atoms with E-state index in [1.807, 2.05) is 0 Å². The standard InChI is InChI=1S/C58H96O6/c1-4-7-10-13-16-18-20-22-24-26-27-28-29-30-31-33-34-36-38-40-42-45-48-51-57(60)63-54-55(53-62-56(59)50-47-44-15-12-9-6-3)64-58(61)52-49-46-43-41-39-37-35-32-25-23-21-19-17-14-11-8-5-2/h7,10,16-19,22-25,27-28,30-31,34,36,55H,4-6,8-9,11-15,20-21,26,29,32-33,35,37-54H2,1-3H3/b10-7-,18-16-,19-17-,24-22-,25-23-,28-27-,31-30-,36-34-. The first-order valence-electron chi connectivity index (χ1n) is 26.2. The van der Waals surface area contributed by atoms with Crippen LogP contribution in [-0.4, -0.2) is 37.2 Å². The number of hydrogen-bond donors (Lipinski definition) is 0. The molecule has 0 saturated carbocycles. The second-order valence-electron chi connectivity index (χ2n) is 17.1. The van der Waals surface area contributed by atoms with E-state index in [4.69, 9.17) is 14.2 Å². The minimum atomic E-state index is -0.790. The Hall–Kier alpha value is -3.67. The van der Waals surface area contributed by atoms with Crippen LogP contribution >= 0.6 is 0 Å². The summed E-state index contributed by atoms with van der Waals surface area (Å²) in [5, 5.41) is 0. The Labute approximate surface area is 394 Å². The van der Waals surface area contributed by atoms with Crippen LogP contribution in [0.15, 0.2) is 97.2 Å². The number of ether oxygens (including phenoxy) is 3. The van der Waals surface area contributed by atoms with Gasteiger partial charge in [-0.2, -0.15) is 0 Å². The van der Waals surface area contributed by atoms with Crippen molar-refractivity contribution >= 4 is 17.9 Å². The van der Waals surface area contributed by atoms with Crippen molar-refractivity contribution in [2.24, 2.45) is 0 Å². The first kappa shape index (κ1) is 60.3. The van der Waals surface area contributed by atoms with E-state index in [9.17, 15) is 14.4 Å². The first-order valence-corrected chi connectivity index (χ1v) is 26.2. The van der Waals surface area contributed by atoms with Crippen molar-refractivity contribution in [3.8, 4) is 0 Å². The highest BCUT2D eigenvalue weighted by Gasteiger charge is 2.19. The predicted molar refractivity (Wildman–Crippen MR) is 274 cm³/mol. The van der Waals surface area contributed by atoms with Crippen molar-refractivity contribution in [3.05, 3.63) is 97.2 Å². The van der Waals surface area contributed by atoms with Crippen LogP contribution in [0.3, 0.4) is 0 Å². The van der Waals surface area contributed by atoms with Crippen LogP contribution in [0, 0.1) is 0 Å². The van der Waals surface area contributed by atoms with Crippen LogP contribution < -0.4 is 0 Å². The lowest BCUT2D eigenvalue weighted by Crippen LogP contribution is -2.30. The van der Waals surface area contributed by atoms with Crippen LogP contribution in [-0.2, 0) is 28.6 Å². The zero-order chi connectivity index (χ0) is 46.5. The molecular formula is C58H96O6. The summed E-state index contributed by atoms with van der Waals surface area (Å²) in [6.07, 6.45) is 68.4. The van der Waals surface area contributed by atoms with Crippen LogP contribution in [0.25, 0.3) is 0 Å². The van der Waals surface area contributed by atoms with Gasteiger partial charge in [0.15, 0.2) is 6.10 Å². The quantitative estimate of drug-likeness (QED) is 0.0262. The molecule has 0 rings (SSSR count). The summed E-state index contributed by atoms with van der Waals surface area (Å²) in [6, 6.07) is 0. The third-order valence-corrected chi connectivity index (χ3v) is 10.8. The van der Waals surface area contributed by atoms with Crippen LogP contribution in [0.4, 0.5) is 0 Å². The molecule has 64 heavy (non-hydrogen) atoms. The molecule has 0 saturated heterocycles. The van der Waals surface area contributed by atoms with Gasteiger partial charge in [-0.25, -0.2) is 0 Å². The second kappa shape index (κ2) is 52.0. The fraction of sp³-hybridized carbons (Fsp3) is 0.672. The molecular weight excluding hydrogens is 793 g/mol. The van der Waals surface area contributed by atoms with Gasteiger partial charge in [-0.3, -0.25) is 14.4 Å². The topological polar surface area (TPSA) is 78.9 Å². The molecule has 1 atom stereocenters. The van der Waals surface area contributed by atoms with E-state index in [1.165, 1.54) is 70.6 Å². The van der Waals surface area contributed by atoms with Crippen LogP contribution in [0.1, 0.15) is 233 Å². The van der Waals surface area contributed by atoms with Gasteiger partial charge >= 0.3 is 17.9 Å².